The molecule has 0 fully saturated rings. The van der Waals surface area contributed by atoms with Gasteiger partial charge < -0.3 is 5.32 Å². The molecule has 2 amide bonds. The Balaban J connectivity index is 1.60. The van der Waals surface area contributed by atoms with Gasteiger partial charge in [0.05, 0.1) is 10.6 Å². The molecule has 0 aliphatic rings. The molecule has 0 unspecified atom stereocenters. The van der Waals surface area contributed by atoms with Gasteiger partial charge in [-0.2, -0.15) is 11.8 Å². The highest BCUT2D eigenvalue weighted by molar-refractivity contribution is 8.00. The van der Waals surface area contributed by atoms with Crippen molar-refractivity contribution in [1.29, 1.82) is 0 Å². The largest absolute Gasteiger partial charge is 0.340 e. The van der Waals surface area contributed by atoms with E-state index >= 15 is 0 Å². The third kappa shape index (κ3) is 7.19. The molecule has 3 rings (SSSR count). The van der Waals surface area contributed by atoms with E-state index in [4.69, 9.17) is 11.6 Å². The maximum atomic E-state index is 13.0. The number of nitrogens with zero attached hydrogens (tertiary/aromatic N) is 2. The van der Waals surface area contributed by atoms with Crippen molar-refractivity contribution in [2.75, 3.05) is 17.3 Å². The normalized spacial score (nSPS) is 11.7. The molecule has 11 heteroatoms. The zero-order valence-corrected chi connectivity index (χ0v) is 20.2. The smallest absolute Gasteiger partial charge is 0.253 e. The van der Waals surface area contributed by atoms with E-state index in [2.05, 4.69) is 20.8 Å². The minimum atomic E-state index is -0.745. The Kier molecular flexibility index (Phi) is 9.34. The van der Waals surface area contributed by atoms with Gasteiger partial charge in [0.15, 0.2) is 4.34 Å². The van der Waals surface area contributed by atoms with E-state index in [0.29, 0.717) is 38.0 Å². The van der Waals surface area contributed by atoms with Crippen LogP contribution >= 0.6 is 46.5 Å². The number of amides is 2. The highest BCUT2D eigenvalue weighted by Crippen LogP contribution is 2.28. The molecule has 3 aromatic rings. The van der Waals surface area contributed by atoms with Crippen molar-refractivity contribution in [2.45, 2.75) is 22.6 Å². The van der Waals surface area contributed by atoms with Gasteiger partial charge in [-0.3, -0.25) is 14.9 Å². The molecule has 0 aliphatic heterocycles. The standard InChI is InChI=1S/C21H20ClFN4O2S3/c1-30-11-10-17(24-18(28)15-4-2-3-5-16(15)22)19(29)25-20-26-27-21(32-20)31-12-13-6-8-14(23)9-7-13/h2-9,17H,10-12H2,1H3,(H,24,28)(H,25,26,29)/t17-/m1/s1. The second kappa shape index (κ2) is 12.2. The van der Waals surface area contributed by atoms with Crippen molar-refractivity contribution in [2.24, 2.45) is 0 Å². The van der Waals surface area contributed by atoms with E-state index in [9.17, 15) is 14.0 Å². The summed E-state index contributed by atoms with van der Waals surface area (Å²) in [4.78, 5) is 25.4. The number of aromatic nitrogens is 2. The first-order valence-corrected chi connectivity index (χ1v) is 13.1. The summed E-state index contributed by atoms with van der Waals surface area (Å²) in [5, 5.41) is 14.2. The van der Waals surface area contributed by atoms with Crippen LogP contribution in [-0.2, 0) is 10.5 Å². The lowest BCUT2D eigenvalue weighted by atomic mass is 10.1. The van der Waals surface area contributed by atoms with Crippen LogP contribution in [0.25, 0.3) is 0 Å². The van der Waals surface area contributed by atoms with Crippen molar-refractivity contribution in [3.8, 4) is 0 Å². The zero-order valence-electron chi connectivity index (χ0n) is 17.0. The third-order valence-electron chi connectivity index (χ3n) is 4.26. The van der Waals surface area contributed by atoms with E-state index < -0.39 is 11.9 Å². The van der Waals surface area contributed by atoms with Crippen molar-refractivity contribution in [3.05, 3.63) is 70.5 Å². The van der Waals surface area contributed by atoms with Crippen molar-refractivity contribution >= 4 is 63.4 Å². The van der Waals surface area contributed by atoms with E-state index in [-0.39, 0.29) is 11.7 Å². The summed E-state index contributed by atoms with van der Waals surface area (Å²) in [6, 6.07) is 12.2. The third-order valence-corrected chi connectivity index (χ3v) is 7.28. The summed E-state index contributed by atoms with van der Waals surface area (Å²) in [6.45, 7) is 0. The van der Waals surface area contributed by atoms with Gasteiger partial charge in [0, 0.05) is 5.75 Å². The van der Waals surface area contributed by atoms with Crippen molar-refractivity contribution in [1.82, 2.24) is 15.5 Å². The quantitative estimate of drug-likeness (QED) is 0.291. The highest BCUT2D eigenvalue weighted by atomic mass is 35.5. The molecular weight excluding hydrogens is 491 g/mol. The first kappa shape index (κ1) is 24.5. The van der Waals surface area contributed by atoms with Crippen LogP contribution in [0.3, 0.4) is 0 Å². The monoisotopic (exact) mass is 510 g/mol. The molecule has 2 N–H and O–H groups in total. The number of hydrogen-bond acceptors (Lipinski definition) is 7. The van der Waals surface area contributed by atoms with Gasteiger partial charge in [0.25, 0.3) is 5.91 Å². The molecular formula is C21H20ClFN4O2S3. The van der Waals surface area contributed by atoms with Gasteiger partial charge in [0.1, 0.15) is 11.9 Å². The molecule has 0 aliphatic carbocycles. The average molecular weight is 511 g/mol. The Bertz CT molecular complexity index is 1070. The number of anilines is 1. The summed E-state index contributed by atoms with van der Waals surface area (Å²) in [7, 11) is 0. The molecule has 0 spiro atoms. The Morgan fingerprint density at radius 1 is 1.16 bits per heavy atom. The molecule has 6 nitrogen and oxygen atoms in total. The van der Waals surface area contributed by atoms with Gasteiger partial charge >= 0.3 is 0 Å². The van der Waals surface area contributed by atoms with Crippen LogP contribution in [0.15, 0.2) is 52.9 Å². The number of benzene rings is 2. The van der Waals surface area contributed by atoms with Crippen LogP contribution < -0.4 is 10.6 Å². The maximum Gasteiger partial charge on any atom is 0.253 e. The van der Waals surface area contributed by atoms with E-state index in [0.717, 1.165) is 5.56 Å². The second-order valence-electron chi connectivity index (χ2n) is 6.56. The number of halogens is 2. The number of nitrogens with one attached hydrogen (secondary N) is 2. The topological polar surface area (TPSA) is 84.0 Å². The van der Waals surface area contributed by atoms with Crippen LogP contribution in [0.1, 0.15) is 22.3 Å². The van der Waals surface area contributed by atoms with E-state index in [1.807, 2.05) is 6.26 Å². The summed E-state index contributed by atoms with van der Waals surface area (Å²) in [6.07, 6.45) is 2.38. The Morgan fingerprint density at radius 2 is 1.91 bits per heavy atom. The van der Waals surface area contributed by atoms with E-state index in [1.165, 1.54) is 35.2 Å². The van der Waals surface area contributed by atoms with Gasteiger partial charge in [-0.05, 0) is 48.3 Å². The second-order valence-corrected chi connectivity index (χ2v) is 10.2. The molecule has 168 valence electrons. The lowest BCUT2D eigenvalue weighted by molar-refractivity contribution is -0.118. The fourth-order valence-electron chi connectivity index (χ4n) is 2.62. The summed E-state index contributed by atoms with van der Waals surface area (Å²) >= 11 is 10.4. The van der Waals surface area contributed by atoms with Crippen LogP contribution in [0, 0.1) is 5.82 Å². The number of rotatable bonds is 10. The predicted octanol–water partition coefficient (Wildman–Crippen LogP) is 5.11. The minimum absolute atomic E-state index is 0.280. The van der Waals surface area contributed by atoms with Gasteiger partial charge in [0.2, 0.25) is 11.0 Å². The molecule has 1 atom stereocenters. The highest BCUT2D eigenvalue weighted by Gasteiger charge is 2.23. The van der Waals surface area contributed by atoms with Gasteiger partial charge in [-0.1, -0.05) is 59.0 Å². The molecule has 32 heavy (non-hydrogen) atoms. The van der Waals surface area contributed by atoms with Crippen molar-refractivity contribution in [3.63, 3.8) is 0 Å². The number of carbonyl (C=O) groups excluding carboxylic acids is 2. The first-order valence-electron chi connectivity index (χ1n) is 9.52. The maximum absolute atomic E-state index is 13.0. The van der Waals surface area contributed by atoms with Crippen LogP contribution in [0.2, 0.25) is 5.02 Å². The average Bonchev–Trinajstić information content (AvgIpc) is 3.23. The fraction of sp³-hybridized carbons (Fsp3) is 0.238. The number of hydrogen-bond donors (Lipinski definition) is 2. The summed E-state index contributed by atoms with van der Waals surface area (Å²) < 4.78 is 13.7. The summed E-state index contributed by atoms with van der Waals surface area (Å²) in [5.74, 6) is 0.232. The summed E-state index contributed by atoms with van der Waals surface area (Å²) in [5.41, 5.74) is 1.27. The number of carbonyl (C=O) groups is 2. The predicted molar refractivity (Wildman–Crippen MR) is 130 cm³/mol. The van der Waals surface area contributed by atoms with Gasteiger partial charge in [-0.15, -0.1) is 10.2 Å². The van der Waals surface area contributed by atoms with Crippen LogP contribution in [-0.4, -0.2) is 40.1 Å². The molecule has 1 heterocycles. The molecule has 0 bridgehead atoms. The Morgan fingerprint density at radius 3 is 2.62 bits per heavy atom. The molecule has 0 saturated heterocycles. The lowest BCUT2D eigenvalue weighted by Gasteiger charge is -2.17. The van der Waals surface area contributed by atoms with Crippen molar-refractivity contribution < 1.29 is 14.0 Å². The van der Waals surface area contributed by atoms with E-state index in [1.54, 1.807) is 48.2 Å². The first-order chi connectivity index (χ1) is 15.5. The fourth-order valence-corrected chi connectivity index (χ4v) is 5.03. The molecule has 2 aromatic carbocycles. The molecule has 0 saturated carbocycles. The zero-order chi connectivity index (χ0) is 22.9. The number of thioether (sulfide) groups is 2. The SMILES string of the molecule is CSCC[C@@H](NC(=O)c1ccccc1Cl)C(=O)Nc1nnc(SCc2ccc(F)cc2)s1. The lowest BCUT2D eigenvalue weighted by Crippen LogP contribution is -2.44. The molecule has 1 aromatic heterocycles. The minimum Gasteiger partial charge on any atom is -0.340 e. The van der Waals surface area contributed by atoms with Crippen LogP contribution in [0.5, 0.6) is 0 Å². The molecule has 0 radical (unpaired) electrons. The Labute approximate surface area is 202 Å². The Hall–Kier alpha value is -2.14. The van der Waals surface area contributed by atoms with Gasteiger partial charge in [-0.25, -0.2) is 4.39 Å². The van der Waals surface area contributed by atoms with Crippen LogP contribution in [0.4, 0.5) is 9.52 Å².